The standard InChI is InChI=1S/C20H19F3N2O5/c1-11-5-3-4-6-15(11)29-10-17(27)30-12(2)20(28)24-9-16(26)25-14-8-7-13(21)18(22)19(14)23/h3-8,12H,9-10H2,1-2H3,(H,24,28)(H,25,26). The summed E-state index contributed by atoms with van der Waals surface area (Å²) in [5, 5.41) is 4.17. The maximum atomic E-state index is 13.5. The summed E-state index contributed by atoms with van der Waals surface area (Å²) in [6.07, 6.45) is -1.23. The summed E-state index contributed by atoms with van der Waals surface area (Å²) in [5.41, 5.74) is 0.237. The summed E-state index contributed by atoms with van der Waals surface area (Å²) < 4.78 is 49.8. The Balaban J connectivity index is 1.77. The van der Waals surface area contributed by atoms with Gasteiger partial charge in [-0.15, -0.1) is 0 Å². The third-order valence-electron chi connectivity index (χ3n) is 3.85. The molecule has 2 aromatic carbocycles. The Bertz CT molecular complexity index is 952. The van der Waals surface area contributed by atoms with Gasteiger partial charge in [0.25, 0.3) is 5.91 Å². The van der Waals surface area contributed by atoms with Gasteiger partial charge in [0.1, 0.15) is 5.75 Å². The molecule has 0 saturated carbocycles. The van der Waals surface area contributed by atoms with Crippen LogP contribution >= 0.6 is 0 Å². The predicted molar refractivity (Wildman–Crippen MR) is 100 cm³/mol. The first-order chi connectivity index (χ1) is 14.2. The number of para-hydroxylation sites is 1. The molecular weight excluding hydrogens is 405 g/mol. The van der Waals surface area contributed by atoms with Crippen LogP contribution in [0.25, 0.3) is 0 Å². The van der Waals surface area contributed by atoms with Crippen molar-refractivity contribution in [3.63, 3.8) is 0 Å². The molecule has 10 heteroatoms. The highest BCUT2D eigenvalue weighted by Crippen LogP contribution is 2.19. The lowest BCUT2D eigenvalue weighted by atomic mass is 10.2. The second kappa shape index (κ2) is 10.3. The van der Waals surface area contributed by atoms with Gasteiger partial charge in [0, 0.05) is 0 Å². The summed E-state index contributed by atoms with van der Waals surface area (Å²) in [4.78, 5) is 35.5. The molecule has 7 nitrogen and oxygen atoms in total. The molecule has 0 aromatic heterocycles. The zero-order valence-corrected chi connectivity index (χ0v) is 16.1. The summed E-state index contributed by atoms with van der Waals surface area (Å²) in [6.45, 7) is 2.05. The van der Waals surface area contributed by atoms with Gasteiger partial charge in [0.15, 0.2) is 30.2 Å². The Hall–Kier alpha value is -3.56. The van der Waals surface area contributed by atoms with Gasteiger partial charge in [-0.25, -0.2) is 18.0 Å². The van der Waals surface area contributed by atoms with Gasteiger partial charge in [-0.1, -0.05) is 18.2 Å². The van der Waals surface area contributed by atoms with Crippen LogP contribution in [-0.2, 0) is 19.1 Å². The molecule has 0 aliphatic heterocycles. The van der Waals surface area contributed by atoms with Crippen LogP contribution in [0.3, 0.4) is 0 Å². The van der Waals surface area contributed by atoms with Crippen LogP contribution in [0.2, 0.25) is 0 Å². The number of halogens is 3. The van der Waals surface area contributed by atoms with E-state index in [0.717, 1.165) is 11.6 Å². The lowest BCUT2D eigenvalue weighted by Gasteiger charge is -2.14. The number of esters is 1. The lowest BCUT2D eigenvalue weighted by Crippen LogP contribution is -2.40. The van der Waals surface area contributed by atoms with Gasteiger partial charge >= 0.3 is 5.97 Å². The zero-order valence-electron chi connectivity index (χ0n) is 16.1. The minimum Gasteiger partial charge on any atom is -0.482 e. The van der Waals surface area contributed by atoms with Crippen molar-refractivity contribution in [2.45, 2.75) is 20.0 Å². The number of aryl methyl sites for hydroxylation is 1. The molecule has 1 unspecified atom stereocenters. The maximum Gasteiger partial charge on any atom is 0.344 e. The Morgan fingerprint density at radius 1 is 1.03 bits per heavy atom. The Morgan fingerprint density at radius 3 is 2.43 bits per heavy atom. The van der Waals surface area contributed by atoms with Gasteiger partial charge in [-0.2, -0.15) is 0 Å². The van der Waals surface area contributed by atoms with E-state index >= 15 is 0 Å². The van der Waals surface area contributed by atoms with Gasteiger partial charge in [-0.05, 0) is 37.6 Å². The molecule has 2 aromatic rings. The number of hydrogen-bond acceptors (Lipinski definition) is 5. The highest BCUT2D eigenvalue weighted by atomic mass is 19.2. The summed E-state index contributed by atoms with van der Waals surface area (Å²) in [6, 6.07) is 8.51. The third-order valence-corrected chi connectivity index (χ3v) is 3.85. The van der Waals surface area contributed by atoms with Crippen LogP contribution in [0.4, 0.5) is 18.9 Å². The van der Waals surface area contributed by atoms with Crippen molar-refractivity contribution < 1.29 is 37.0 Å². The number of hydrogen-bond donors (Lipinski definition) is 2. The molecule has 0 bridgehead atoms. The minimum atomic E-state index is -1.73. The fourth-order valence-corrected chi connectivity index (χ4v) is 2.27. The van der Waals surface area contributed by atoms with Crippen LogP contribution in [0.15, 0.2) is 36.4 Å². The minimum absolute atomic E-state index is 0.418. The molecular formula is C20H19F3N2O5. The number of nitrogens with one attached hydrogen (secondary N) is 2. The molecule has 0 radical (unpaired) electrons. The number of anilines is 1. The number of rotatable bonds is 8. The first kappa shape index (κ1) is 22.7. The van der Waals surface area contributed by atoms with Gasteiger partial charge in [-0.3, -0.25) is 9.59 Å². The average Bonchev–Trinajstić information content (AvgIpc) is 2.71. The molecule has 0 heterocycles. The van der Waals surface area contributed by atoms with Crippen molar-refractivity contribution in [1.29, 1.82) is 0 Å². The van der Waals surface area contributed by atoms with E-state index in [9.17, 15) is 27.6 Å². The Kier molecular flexibility index (Phi) is 7.79. The van der Waals surface area contributed by atoms with Crippen molar-refractivity contribution >= 4 is 23.5 Å². The molecule has 2 rings (SSSR count). The number of ether oxygens (including phenoxy) is 2. The van der Waals surface area contributed by atoms with Gasteiger partial charge in [0.05, 0.1) is 12.2 Å². The van der Waals surface area contributed by atoms with E-state index in [0.29, 0.717) is 11.8 Å². The van der Waals surface area contributed by atoms with Crippen LogP contribution < -0.4 is 15.4 Å². The van der Waals surface area contributed by atoms with Gasteiger partial charge in [0.2, 0.25) is 5.91 Å². The molecule has 0 aliphatic rings. The van der Waals surface area contributed by atoms with Crippen molar-refractivity contribution in [2.75, 3.05) is 18.5 Å². The molecule has 30 heavy (non-hydrogen) atoms. The molecule has 160 valence electrons. The average molecular weight is 424 g/mol. The van der Waals surface area contributed by atoms with Crippen LogP contribution in [0.5, 0.6) is 5.75 Å². The molecule has 0 spiro atoms. The van der Waals surface area contributed by atoms with E-state index in [2.05, 4.69) is 5.32 Å². The number of carbonyl (C=O) groups excluding carboxylic acids is 3. The zero-order chi connectivity index (χ0) is 22.3. The SMILES string of the molecule is Cc1ccccc1OCC(=O)OC(C)C(=O)NCC(=O)Nc1ccc(F)c(F)c1F. The predicted octanol–water partition coefficient (Wildman–Crippen LogP) is 2.48. The molecule has 2 N–H and O–H groups in total. The van der Waals surface area contributed by atoms with Crippen LogP contribution in [0, 0.1) is 24.4 Å². The lowest BCUT2D eigenvalue weighted by molar-refractivity contribution is -0.156. The first-order valence-electron chi connectivity index (χ1n) is 8.78. The second-order valence-electron chi connectivity index (χ2n) is 6.18. The monoisotopic (exact) mass is 424 g/mol. The van der Waals surface area contributed by atoms with E-state index in [4.69, 9.17) is 9.47 Å². The van der Waals surface area contributed by atoms with Gasteiger partial charge < -0.3 is 20.1 Å². The summed E-state index contributed by atoms with van der Waals surface area (Å²) in [5.74, 6) is -6.69. The first-order valence-corrected chi connectivity index (χ1v) is 8.78. The van der Waals surface area contributed by atoms with E-state index in [-0.39, 0.29) is 0 Å². The van der Waals surface area contributed by atoms with Crippen LogP contribution in [0.1, 0.15) is 12.5 Å². The highest BCUT2D eigenvalue weighted by molar-refractivity contribution is 5.95. The van der Waals surface area contributed by atoms with Crippen LogP contribution in [-0.4, -0.2) is 37.0 Å². The molecule has 0 aliphatic carbocycles. The van der Waals surface area contributed by atoms with E-state index in [1.54, 1.807) is 25.1 Å². The fourth-order valence-electron chi connectivity index (χ4n) is 2.27. The summed E-state index contributed by atoms with van der Waals surface area (Å²) >= 11 is 0. The number of carbonyl (C=O) groups is 3. The Morgan fingerprint density at radius 2 is 1.73 bits per heavy atom. The number of benzene rings is 2. The molecule has 0 saturated heterocycles. The fraction of sp³-hybridized carbons (Fsp3) is 0.250. The normalized spacial score (nSPS) is 11.4. The number of amides is 2. The van der Waals surface area contributed by atoms with Crippen molar-refractivity contribution in [3.8, 4) is 5.75 Å². The van der Waals surface area contributed by atoms with Crippen molar-refractivity contribution in [1.82, 2.24) is 5.32 Å². The smallest absolute Gasteiger partial charge is 0.344 e. The molecule has 2 amide bonds. The van der Waals surface area contributed by atoms with E-state index in [1.165, 1.54) is 6.92 Å². The summed E-state index contributed by atoms with van der Waals surface area (Å²) in [7, 11) is 0. The third kappa shape index (κ3) is 6.23. The second-order valence-corrected chi connectivity index (χ2v) is 6.18. The largest absolute Gasteiger partial charge is 0.482 e. The van der Waals surface area contributed by atoms with E-state index < -0.39 is 60.2 Å². The maximum absolute atomic E-state index is 13.5. The molecule has 1 atom stereocenters. The van der Waals surface area contributed by atoms with Crippen molar-refractivity contribution in [3.05, 3.63) is 59.4 Å². The van der Waals surface area contributed by atoms with Crippen molar-refractivity contribution in [2.24, 2.45) is 0 Å². The topological polar surface area (TPSA) is 93.7 Å². The molecule has 0 fully saturated rings. The Labute approximate surface area is 170 Å². The van der Waals surface area contributed by atoms with E-state index in [1.807, 2.05) is 11.4 Å². The quantitative estimate of drug-likeness (QED) is 0.502. The highest BCUT2D eigenvalue weighted by Gasteiger charge is 2.20.